The van der Waals surface area contributed by atoms with Gasteiger partial charge in [0.1, 0.15) is 24.2 Å². The zero-order valence-corrected chi connectivity index (χ0v) is 19.8. The van der Waals surface area contributed by atoms with Gasteiger partial charge in [-0.1, -0.05) is 6.07 Å². The molecule has 0 unspecified atom stereocenters. The molecule has 0 radical (unpaired) electrons. The standard InChI is InChI=1S/C25H25N5O3S/c1-17-18(2)30(16-28-17)24-14-25(27-15-26-24)33-22-10-8-21(9-11-22)29-34(31,32)23-12-7-19-5-3-4-6-20(19)13-23/h7-16,29H,3-6H2,1-2H3. The van der Waals surface area contributed by atoms with E-state index in [1.54, 1.807) is 48.8 Å². The SMILES string of the molecule is Cc1ncn(-c2cc(Oc3ccc(NS(=O)(=O)c4ccc5c(c4)CCCC5)cc3)ncn2)c1C. The van der Waals surface area contributed by atoms with E-state index in [-0.39, 0.29) is 4.90 Å². The molecule has 2 heterocycles. The van der Waals surface area contributed by atoms with Crippen LogP contribution in [0.25, 0.3) is 5.82 Å². The van der Waals surface area contributed by atoms with Gasteiger partial charge in [-0.3, -0.25) is 9.29 Å². The summed E-state index contributed by atoms with van der Waals surface area (Å²) in [6.07, 6.45) is 7.34. The highest BCUT2D eigenvalue weighted by Gasteiger charge is 2.18. The van der Waals surface area contributed by atoms with Crippen molar-refractivity contribution < 1.29 is 13.2 Å². The third-order valence-electron chi connectivity index (χ3n) is 6.09. The Hall–Kier alpha value is -3.72. The molecule has 1 aliphatic rings. The molecule has 0 bridgehead atoms. The first-order valence-electron chi connectivity index (χ1n) is 11.1. The molecular weight excluding hydrogens is 450 g/mol. The summed E-state index contributed by atoms with van der Waals surface area (Å²) >= 11 is 0. The number of hydrogen-bond acceptors (Lipinski definition) is 6. The monoisotopic (exact) mass is 475 g/mol. The number of anilines is 1. The van der Waals surface area contributed by atoms with Gasteiger partial charge in [0.25, 0.3) is 10.0 Å². The van der Waals surface area contributed by atoms with E-state index in [4.69, 9.17) is 4.74 Å². The van der Waals surface area contributed by atoms with Crippen LogP contribution in [-0.2, 0) is 22.9 Å². The van der Waals surface area contributed by atoms with E-state index in [0.717, 1.165) is 42.6 Å². The molecule has 0 aliphatic heterocycles. The highest BCUT2D eigenvalue weighted by atomic mass is 32.2. The number of hydrogen-bond donors (Lipinski definition) is 1. The lowest BCUT2D eigenvalue weighted by atomic mass is 9.92. The number of ether oxygens (including phenoxy) is 1. The van der Waals surface area contributed by atoms with E-state index in [1.807, 2.05) is 24.5 Å². The highest BCUT2D eigenvalue weighted by Crippen LogP contribution is 2.27. The summed E-state index contributed by atoms with van der Waals surface area (Å²) in [4.78, 5) is 13.0. The number of nitrogens with one attached hydrogen (secondary N) is 1. The van der Waals surface area contributed by atoms with Crippen LogP contribution in [0, 0.1) is 13.8 Å². The molecule has 0 fully saturated rings. The van der Waals surface area contributed by atoms with Gasteiger partial charge in [-0.25, -0.2) is 23.4 Å². The van der Waals surface area contributed by atoms with Crippen LogP contribution in [0.1, 0.15) is 35.4 Å². The van der Waals surface area contributed by atoms with E-state index in [2.05, 4.69) is 19.7 Å². The van der Waals surface area contributed by atoms with Crippen LogP contribution in [0.2, 0.25) is 0 Å². The molecule has 0 spiro atoms. The van der Waals surface area contributed by atoms with Crippen LogP contribution >= 0.6 is 0 Å². The maximum atomic E-state index is 12.9. The first-order valence-corrected chi connectivity index (χ1v) is 12.6. The third-order valence-corrected chi connectivity index (χ3v) is 7.46. The van der Waals surface area contributed by atoms with Gasteiger partial charge in [-0.15, -0.1) is 0 Å². The Balaban J connectivity index is 1.30. The zero-order chi connectivity index (χ0) is 23.7. The minimum Gasteiger partial charge on any atom is -0.439 e. The van der Waals surface area contributed by atoms with Gasteiger partial charge in [-0.2, -0.15) is 0 Å². The molecule has 174 valence electrons. The molecule has 0 saturated carbocycles. The molecule has 8 nitrogen and oxygen atoms in total. The Morgan fingerprint density at radius 2 is 1.68 bits per heavy atom. The van der Waals surface area contributed by atoms with Crippen molar-refractivity contribution in [2.75, 3.05) is 4.72 Å². The second-order valence-corrected chi connectivity index (χ2v) is 10.1. The fourth-order valence-corrected chi connectivity index (χ4v) is 5.16. The molecule has 34 heavy (non-hydrogen) atoms. The molecule has 2 aromatic heterocycles. The Morgan fingerprint density at radius 3 is 2.41 bits per heavy atom. The minimum atomic E-state index is -3.68. The fourth-order valence-electron chi connectivity index (χ4n) is 4.05. The summed E-state index contributed by atoms with van der Waals surface area (Å²) in [6.45, 7) is 3.90. The smallest absolute Gasteiger partial charge is 0.261 e. The van der Waals surface area contributed by atoms with Crippen molar-refractivity contribution in [1.82, 2.24) is 19.5 Å². The second-order valence-electron chi connectivity index (χ2n) is 8.37. The van der Waals surface area contributed by atoms with E-state index in [1.165, 1.54) is 11.9 Å². The van der Waals surface area contributed by atoms with Gasteiger partial charge in [0.05, 0.1) is 10.6 Å². The summed E-state index contributed by atoms with van der Waals surface area (Å²) < 4.78 is 36.2. The summed E-state index contributed by atoms with van der Waals surface area (Å²) in [5, 5.41) is 0. The Morgan fingerprint density at radius 1 is 0.912 bits per heavy atom. The highest BCUT2D eigenvalue weighted by molar-refractivity contribution is 7.92. The van der Waals surface area contributed by atoms with Crippen molar-refractivity contribution >= 4 is 15.7 Å². The average Bonchev–Trinajstić information content (AvgIpc) is 3.18. The van der Waals surface area contributed by atoms with Gasteiger partial charge in [0.15, 0.2) is 0 Å². The zero-order valence-electron chi connectivity index (χ0n) is 19.0. The maximum absolute atomic E-state index is 12.9. The van der Waals surface area contributed by atoms with E-state index < -0.39 is 10.0 Å². The molecule has 9 heteroatoms. The van der Waals surface area contributed by atoms with E-state index >= 15 is 0 Å². The number of fused-ring (bicyclic) bond motifs is 1. The summed E-state index contributed by atoms with van der Waals surface area (Å²) in [5.41, 5.74) is 4.74. The molecule has 0 amide bonds. The molecule has 0 saturated heterocycles. The topological polar surface area (TPSA) is 99.0 Å². The van der Waals surface area contributed by atoms with Crippen LogP contribution in [0.5, 0.6) is 11.6 Å². The number of aryl methyl sites for hydroxylation is 3. The fraction of sp³-hybridized carbons (Fsp3) is 0.240. The molecule has 4 aromatic rings. The molecular formula is C25H25N5O3S. The normalized spacial score (nSPS) is 13.4. The number of benzene rings is 2. The number of sulfonamides is 1. The molecule has 1 aliphatic carbocycles. The Kier molecular flexibility index (Phi) is 5.79. The predicted octanol–water partition coefficient (Wildman–Crippen LogP) is 4.75. The summed E-state index contributed by atoms with van der Waals surface area (Å²) in [7, 11) is -3.68. The first kappa shape index (κ1) is 22.1. The third kappa shape index (κ3) is 4.51. The molecule has 5 rings (SSSR count). The molecule has 1 N–H and O–H groups in total. The van der Waals surface area contributed by atoms with Crippen molar-refractivity contribution in [3.05, 3.63) is 83.7 Å². The lowest BCUT2D eigenvalue weighted by Crippen LogP contribution is -2.14. The maximum Gasteiger partial charge on any atom is 0.261 e. The van der Waals surface area contributed by atoms with E-state index in [9.17, 15) is 8.42 Å². The number of nitrogens with zero attached hydrogens (tertiary/aromatic N) is 4. The average molecular weight is 476 g/mol. The van der Waals surface area contributed by atoms with Gasteiger partial charge >= 0.3 is 0 Å². The number of aromatic nitrogens is 4. The van der Waals surface area contributed by atoms with Crippen molar-refractivity contribution in [3.63, 3.8) is 0 Å². The van der Waals surface area contributed by atoms with Gasteiger partial charge in [0, 0.05) is 17.4 Å². The largest absolute Gasteiger partial charge is 0.439 e. The lowest BCUT2D eigenvalue weighted by Gasteiger charge is -2.17. The second kappa shape index (κ2) is 8.90. The van der Waals surface area contributed by atoms with E-state index in [0.29, 0.717) is 23.1 Å². The van der Waals surface area contributed by atoms with Crippen LogP contribution in [0.15, 0.2) is 66.1 Å². The van der Waals surface area contributed by atoms with Crippen LogP contribution < -0.4 is 9.46 Å². The van der Waals surface area contributed by atoms with Crippen molar-refractivity contribution in [2.45, 2.75) is 44.4 Å². The van der Waals surface area contributed by atoms with Crippen molar-refractivity contribution in [1.29, 1.82) is 0 Å². The number of rotatable bonds is 6. The minimum absolute atomic E-state index is 0.284. The molecule has 0 atom stereocenters. The lowest BCUT2D eigenvalue weighted by molar-refractivity contribution is 0.461. The van der Waals surface area contributed by atoms with Crippen LogP contribution in [0.3, 0.4) is 0 Å². The Labute approximate surface area is 198 Å². The quantitative estimate of drug-likeness (QED) is 0.432. The van der Waals surface area contributed by atoms with Crippen molar-refractivity contribution in [2.24, 2.45) is 0 Å². The summed E-state index contributed by atoms with van der Waals surface area (Å²) in [5.74, 6) is 1.55. The van der Waals surface area contributed by atoms with Gasteiger partial charge < -0.3 is 4.74 Å². The number of imidazole rings is 1. The van der Waals surface area contributed by atoms with Crippen LogP contribution in [0.4, 0.5) is 5.69 Å². The van der Waals surface area contributed by atoms with Crippen LogP contribution in [-0.4, -0.2) is 27.9 Å². The predicted molar refractivity (Wildman–Crippen MR) is 129 cm³/mol. The van der Waals surface area contributed by atoms with Gasteiger partial charge in [0.2, 0.25) is 5.88 Å². The Bertz CT molecular complexity index is 1450. The van der Waals surface area contributed by atoms with Gasteiger partial charge in [-0.05, 0) is 87.1 Å². The first-order chi connectivity index (χ1) is 16.4. The molecule has 2 aromatic carbocycles. The summed E-state index contributed by atoms with van der Waals surface area (Å²) in [6, 6.07) is 13.8. The van der Waals surface area contributed by atoms with Crippen molar-refractivity contribution in [3.8, 4) is 17.4 Å².